The van der Waals surface area contributed by atoms with Crippen molar-refractivity contribution in [3.63, 3.8) is 0 Å². The monoisotopic (exact) mass is 388 g/mol. The lowest BCUT2D eigenvalue weighted by molar-refractivity contribution is 0.445. The van der Waals surface area contributed by atoms with E-state index in [0.717, 1.165) is 13.0 Å². The predicted octanol–water partition coefficient (Wildman–Crippen LogP) is 2.15. The van der Waals surface area contributed by atoms with Gasteiger partial charge in [-0.2, -0.15) is 0 Å². The van der Waals surface area contributed by atoms with Crippen LogP contribution in [0, 0.1) is 5.92 Å². The summed E-state index contributed by atoms with van der Waals surface area (Å²) >= 11 is 1.77. The first-order chi connectivity index (χ1) is 11.9. The zero-order valence-corrected chi connectivity index (χ0v) is 17.4. The molecule has 0 saturated heterocycles. The standard InChI is InChI=1S/C17H32N4O2S2/c1-5-18-17(19-10-12-25(22,23)21(6-2)7-3)20-14-15(4)13-16-9-8-11-24-16/h8-9,11,15H,5-7,10,12-14H2,1-4H3,(H2,18,19,20). The lowest BCUT2D eigenvalue weighted by Gasteiger charge is -2.19. The average Bonchev–Trinajstić information content (AvgIpc) is 3.06. The third kappa shape index (κ3) is 8.20. The van der Waals surface area contributed by atoms with Crippen molar-refractivity contribution in [2.24, 2.45) is 10.9 Å². The molecule has 0 saturated carbocycles. The van der Waals surface area contributed by atoms with Crippen LogP contribution in [0.1, 0.15) is 32.6 Å². The molecule has 0 aliphatic carbocycles. The lowest BCUT2D eigenvalue weighted by Crippen LogP contribution is -2.42. The molecule has 1 heterocycles. The number of guanidine groups is 1. The van der Waals surface area contributed by atoms with Crippen molar-refractivity contribution in [3.05, 3.63) is 22.4 Å². The summed E-state index contributed by atoms with van der Waals surface area (Å²) in [5, 5.41) is 8.39. The van der Waals surface area contributed by atoms with Gasteiger partial charge in [-0.3, -0.25) is 4.99 Å². The second-order valence-electron chi connectivity index (χ2n) is 5.94. The van der Waals surface area contributed by atoms with Crippen molar-refractivity contribution >= 4 is 27.3 Å². The minimum Gasteiger partial charge on any atom is -0.357 e. The van der Waals surface area contributed by atoms with Crippen LogP contribution in [-0.4, -0.2) is 57.2 Å². The Kier molecular flexibility index (Phi) is 10.1. The van der Waals surface area contributed by atoms with Gasteiger partial charge in [-0.25, -0.2) is 12.7 Å². The molecule has 1 aromatic heterocycles. The van der Waals surface area contributed by atoms with Gasteiger partial charge in [0.05, 0.1) is 5.75 Å². The number of rotatable bonds is 11. The molecule has 1 rings (SSSR count). The fourth-order valence-electron chi connectivity index (χ4n) is 2.47. The highest BCUT2D eigenvalue weighted by Gasteiger charge is 2.18. The molecule has 1 aromatic rings. The number of aliphatic imine (C=N–C) groups is 1. The first kappa shape index (κ1) is 21.9. The average molecular weight is 389 g/mol. The molecule has 25 heavy (non-hydrogen) atoms. The zero-order valence-electron chi connectivity index (χ0n) is 15.8. The summed E-state index contributed by atoms with van der Waals surface area (Å²) in [5.74, 6) is 1.19. The largest absolute Gasteiger partial charge is 0.357 e. The summed E-state index contributed by atoms with van der Waals surface area (Å²) in [7, 11) is -3.21. The fraction of sp³-hybridized carbons (Fsp3) is 0.706. The van der Waals surface area contributed by atoms with E-state index in [-0.39, 0.29) is 5.75 Å². The number of thiophene rings is 1. The van der Waals surface area contributed by atoms with Gasteiger partial charge in [-0.1, -0.05) is 26.8 Å². The predicted molar refractivity (Wildman–Crippen MR) is 108 cm³/mol. The van der Waals surface area contributed by atoms with Crippen LogP contribution in [0.25, 0.3) is 0 Å². The van der Waals surface area contributed by atoms with Crippen molar-refractivity contribution < 1.29 is 8.42 Å². The number of hydrogen-bond donors (Lipinski definition) is 2. The minimum atomic E-state index is -3.21. The van der Waals surface area contributed by atoms with Gasteiger partial charge >= 0.3 is 0 Å². The zero-order chi connectivity index (χ0) is 18.7. The van der Waals surface area contributed by atoms with E-state index in [0.29, 0.717) is 38.1 Å². The highest BCUT2D eigenvalue weighted by Crippen LogP contribution is 2.14. The van der Waals surface area contributed by atoms with Crippen LogP contribution >= 0.6 is 11.3 Å². The molecule has 8 heteroatoms. The van der Waals surface area contributed by atoms with Gasteiger partial charge in [-0.15, -0.1) is 11.3 Å². The molecule has 0 bridgehead atoms. The smallest absolute Gasteiger partial charge is 0.215 e. The Balaban J connectivity index is 2.50. The van der Waals surface area contributed by atoms with Gasteiger partial charge < -0.3 is 10.6 Å². The van der Waals surface area contributed by atoms with Gasteiger partial charge in [0, 0.05) is 37.6 Å². The fourth-order valence-corrected chi connectivity index (χ4v) is 4.74. The van der Waals surface area contributed by atoms with E-state index in [1.165, 1.54) is 9.18 Å². The summed E-state index contributed by atoms with van der Waals surface area (Å²) < 4.78 is 25.9. The van der Waals surface area contributed by atoms with Crippen LogP contribution in [0.5, 0.6) is 0 Å². The Morgan fingerprint density at radius 2 is 2.00 bits per heavy atom. The Morgan fingerprint density at radius 3 is 2.56 bits per heavy atom. The van der Waals surface area contributed by atoms with E-state index in [2.05, 4.69) is 40.1 Å². The molecule has 0 aromatic carbocycles. The minimum absolute atomic E-state index is 0.0733. The van der Waals surface area contributed by atoms with Gasteiger partial charge in [-0.05, 0) is 30.7 Å². The Hall–Kier alpha value is -1.12. The topological polar surface area (TPSA) is 73.8 Å². The maximum absolute atomic E-state index is 12.2. The molecule has 0 aliphatic rings. The molecule has 0 spiro atoms. The summed E-state index contributed by atoms with van der Waals surface area (Å²) in [6.45, 7) is 10.7. The molecule has 2 N–H and O–H groups in total. The van der Waals surface area contributed by atoms with Crippen LogP contribution in [0.2, 0.25) is 0 Å². The van der Waals surface area contributed by atoms with Crippen LogP contribution in [-0.2, 0) is 16.4 Å². The number of nitrogens with one attached hydrogen (secondary N) is 2. The van der Waals surface area contributed by atoms with E-state index in [9.17, 15) is 8.42 Å². The van der Waals surface area contributed by atoms with Gasteiger partial charge in [0.25, 0.3) is 0 Å². The van der Waals surface area contributed by atoms with Crippen LogP contribution in [0.3, 0.4) is 0 Å². The van der Waals surface area contributed by atoms with Crippen molar-refractivity contribution in [2.45, 2.75) is 34.1 Å². The van der Waals surface area contributed by atoms with E-state index in [1.807, 2.05) is 20.8 Å². The van der Waals surface area contributed by atoms with E-state index in [4.69, 9.17) is 0 Å². The van der Waals surface area contributed by atoms with Crippen LogP contribution in [0.4, 0.5) is 0 Å². The molecule has 0 radical (unpaired) electrons. The van der Waals surface area contributed by atoms with Gasteiger partial charge in [0.15, 0.2) is 5.96 Å². The van der Waals surface area contributed by atoms with Crippen molar-refractivity contribution in [2.75, 3.05) is 38.5 Å². The lowest BCUT2D eigenvalue weighted by atomic mass is 10.1. The Morgan fingerprint density at radius 1 is 1.28 bits per heavy atom. The molecule has 0 aliphatic heterocycles. The summed E-state index contributed by atoms with van der Waals surface area (Å²) in [6, 6.07) is 4.21. The van der Waals surface area contributed by atoms with E-state index >= 15 is 0 Å². The molecule has 1 unspecified atom stereocenters. The second kappa shape index (κ2) is 11.5. The highest BCUT2D eigenvalue weighted by molar-refractivity contribution is 7.89. The number of nitrogens with zero attached hydrogens (tertiary/aromatic N) is 2. The Bertz CT molecular complexity index is 596. The first-order valence-electron chi connectivity index (χ1n) is 8.95. The third-order valence-corrected chi connectivity index (χ3v) is 6.71. The normalized spacial score (nSPS) is 13.9. The molecular weight excluding hydrogens is 356 g/mol. The molecule has 0 fully saturated rings. The molecule has 144 valence electrons. The maximum Gasteiger partial charge on any atom is 0.215 e. The number of sulfonamides is 1. The van der Waals surface area contributed by atoms with Gasteiger partial charge in [0.1, 0.15) is 0 Å². The second-order valence-corrected chi connectivity index (χ2v) is 9.06. The number of hydrogen-bond acceptors (Lipinski definition) is 4. The third-order valence-electron chi connectivity index (χ3n) is 3.79. The van der Waals surface area contributed by atoms with Gasteiger partial charge in [0.2, 0.25) is 10.0 Å². The van der Waals surface area contributed by atoms with E-state index in [1.54, 1.807) is 11.3 Å². The molecular formula is C17H32N4O2S2. The first-order valence-corrected chi connectivity index (χ1v) is 11.4. The molecule has 0 amide bonds. The van der Waals surface area contributed by atoms with Crippen LogP contribution < -0.4 is 10.6 Å². The van der Waals surface area contributed by atoms with Crippen molar-refractivity contribution in [3.8, 4) is 0 Å². The van der Waals surface area contributed by atoms with Crippen molar-refractivity contribution in [1.29, 1.82) is 0 Å². The molecule has 1 atom stereocenters. The summed E-state index contributed by atoms with van der Waals surface area (Å²) in [4.78, 5) is 5.96. The summed E-state index contributed by atoms with van der Waals surface area (Å²) in [5.41, 5.74) is 0. The maximum atomic E-state index is 12.2. The Labute approximate surface area is 156 Å². The molecule has 6 nitrogen and oxygen atoms in total. The van der Waals surface area contributed by atoms with Crippen molar-refractivity contribution in [1.82, 2.24) is 14.9 Å². The van der Waals surface area contributed by atoms with Crippen LogP contribution in [0.15, 0.2) is 22.5 Å². The summed E-state index contributed by atoms with van der Waals surface area (Å²) in [6.07, 6.45) is 1.01. The highest BCUT2D eigenvalue weighted by atomic mass is 32.2. The SMILES string of the molecule is CCNC(=NCC(C)Cc1cccs1)NCCS(=O)(=O)N(CC)CC. The quantitative estimate of drug-likeness (QED) is 0.450. The van der Waals surface area contributed by atoms with E-state index < -0.39 is 10.0 Å².